The Bertz CT molecular complexity index is 582. The number of rotatable bonds is 5. The quantitative estimate of drug-likeness (QED) is 0.443. The molecule has 0 amide bonds. The number of ether oxygens (including phenoxy) is 1. The van der Waals surface area contributed by atoms with Crippen molar-refractivity contribution >= 4 is 11.8 Å². The molecule has 0 N–H and O–H groups in total. The van der Waals surface area contributed by atoms with Crippen LogP contribution in [0.15, 0.2) is 45.5 Å². The van der Waals surface area contributed by atoms with Crippen LogP contribution in [0.5, 0.6) is 0 Å². The summed E-state index contributed by atoms with van der Waals surface area (Å²) in [6.45, 7) is 4.37. The van der Waals surface area contributed by atoms with Crippen LogP contribution in [0.2, 0.25) is 0 Å². The molecule has 1 heterocycles. The molecule has 1 saturated heterocycles. The van der Waals surface area contributed by atoms with Crippen LogP contribution in [0, 0.1) is 11.8 Å². The van der Waals surface area contributed by atoms with Crippen molar-refractivity contribution in [1.82, 2.24) is 0 Å². The normalized spacial score (nSPS) is 30.9. The van der Waals surface area contributed by atoms with Crippen LogP contribution >= 0.6 is 11.8 Å². The first-order valence-corrected chi connectivity index (χ1v) is 7.97. The fourth-order valence-electron chi connectivity index (χ4n) is 2.55. The summed E-state index contributed by atoms with van der Waals surface area (Å²) in [5, 5.41) is 7.57. The first-order chi connectivity index (χ1) is 10.7. The number of hydrogen-bond acceptors (Lipinski definition) is 4. The molecule has 8 heteroatoms. The van der Waals surface area contributed by atoms with Gasteiger partial charge in [-0.25, -0.2) is 0 Å². The number of thioether (sulfide) groups is 1. The monoisotopic (exact) mass is 318 g/mol. The highest BCUT2D eigenvalue weighted by atomic mass is 32.2. The maximum Gasteiger partial charge on any atom is 0.116 e. The average Bonchev–Trinajstić information content (AvgIpc) is 2.54. The van der Waals surface area contributed by atoms with E-state index in [1.54, 1.807) is 0 Å². The Kier molecular flexibility index (Phi) is 5.98. The van der Waals surface area contributed by atoms with Crippen molar-refractivity contribution in [1.29, 1.82) is 0 Å². The lowest BCUT2D eigenvalue weighted by Gasteiger charge is -2.42. The van der Waals surface area contributed by atoms with Gasteiger partial charge in [-0.2, -0.15) is 0 Å². The van der Waals surface area contributed by atoms with Crippen molar-refractivity contribution in [2.24, 2.45) is 22.1 Å². The van der Waals surface area contributed by atoms with Crippen LogP contribution in [0.3, 0.4) is 0 Å². The van der Waals surface area contributed by atoms with Crippen LogP contribution in [-0.4, -0.2) is 24.1 Å². The van der Waals surface area contributed by atoms with Crippen LogP contribution < -0.4 is 0 Å². The summed E-state index contributed by atoms with van der Waals surface area (Å²) in [7, 11) is 0. The molecule has 0 radical (unpaired) electrons. The summed E-state index contributed by atoms with van der Waals surface area (Å²) in [5.41, 5.74) is 17.1. The van der Waals surface area contributed by atoms with Gasteiger partial charge in [-0.05, 0) is 35.0 Å². The summed E-state index contributed by atoms with van der Waals surface area (Å²) in [6, 6.07) is 9.59. The Morgan fingerprint density at radius 3 is 2.50 bits per heavy atom. The van der Waals surface area contributed by atoms with E-state index in [1.807, 2.05) is 44.2 Å². The van der Waals surface area contributed by atoms with Crippen LogP contribution in [-0.2, 0) is 4.74 Å². The van der Waals surface area contributed by atoms with Crippen LogP contribution in [0.1, 0.15) is 13.8 Å². The van der Waals surface area contributed by atoms with Gasteiger partial charge in [0.2, 0.25) is 0 Å². The Hall–Kier alpha value is -1.85. The zero-order chi connectivity index (χ0) is 15.9. The van der Waals surface area contributed by atoms with Gasteiger partial charge in [0.25, 0.3) is 0 Å². The molecular formula is C14H18N6OS. The van der Waals surface area contributed by atoms with Gasteiger partial charge in [-0.1, -0.05) is 54.0 Å². The lowest BCUT2D eigenvalue weighted by Crippen LogP contribution is -2.47. The van der Waals surface area contributed by atoms with E-state index in [2.05, 4.69) is 20.1 Å². The zero-order valence-electron chi connectivity index (χ0n) is 12.5. The standard InChI is InChI=1S/C14H18N6OS/c1-9-10(2)13(18-20-16)14(21-12(9)8-17-19-15)22-11-6-4-3-5-7-11/h3-7,9-10,12-14H,8H2,1-2H3/t9-,10?,12?,13-,14-/m0/s1. The predicted molar refractivity (Wildman–Crippen MR) is 86.2 cm³/mol. The lowest BCUT2D eigenvalue weighted by molar-refractivity contribution is -0.0687. The fourth-order valence-corrected chi connectivity index (χ4v) is 3.77. The molecule has 1 aromatic rings. The van der Waals surface area contributed by atoms with Gasteiger partial charge in [-0.15, -0.1) is 0 Å². The second-order valence-corrected chi connectivity index (χ2v) is 6.47. The Morgan fingerprint density at radius 1 is 1.14 bits per heavy atom. The van der Waals surface area contributed by atoms with E-state index in [0.29, 0.717) is 0 Å². The lowest BCUT2D eigenvalue weighted by atomic mass is 9.83. The highest BCUT2D eigenvalue weighted by molar-refractivity contribution is 7.99. The van der Waals surface area contributed by atoms with Crippen molar-refractivity contribution in [3.8, 4) is 0 Å². The molecule has 116 valence electrons. The smallest absolute Gasteiger partial charge is 0.116 e. The molecule has 0 bridgehead atoms. The van der Waals surface area contributed by atoms with E-state index in [1.165, 1.54) is 11.8 Å². The minimum Gasteiger partial charge on any atom is -0.363 e. The van der Waals surface area contributed by atoms with Gasteiger partial charge in [-0.3, -0.25) is 0 Å². The summed E-state index contributed by atoms with van der Waals surface area (Å²) < 4.78 is 6.07. The minimum absolute atomic E-state index is 0.143. The molecule has 1 aliphatic rings. The Balaban J connectivity index is 2.21. The van der Waals surface area contributed by atoms with Crippen molar-refractivity contribution in [2.75, 3.05) is 6.54 Å². The van der Waals surface area contributed by atoms with E-state index in [9.17, 15) is 0 Å². The molecule has 0 aromatic heterocycles. The molecule has 1 aromatic carbocycles. The van der Waals surface area contributed by atoms with Gasteiger partial charge < -0.3 is 4.74 Å². The molecule has 1 fully saturated rings. The van der Waals surface area contributed by atoms with Crippen LogP contribution in [0.25, 0.3) is 20.9 Å². The maximum absolute atomic E-state index is 8.84. The van der Waals surface area contributed by atoms with E-state index in [0.717, 1.165) is 4.90 Å². The molecule has 22 heavy (non-hydrogen) atoms. The molecular weight excluding hydrogens is 300 g/mol. The summed E-state index contributed by atoms with van der Waals surface area (Å²) in [4.78, 5) is 6.83. The van der Waals surface area contributed by atoms with Crippen molar-refractivity contribution in [2.45, 2.75) is 36.3 Å². The molecule has 0 aliphatic carbocycles. The van der Waals surface area contributed by atoms with Gasteiger partial charge in [0, 0.05) is 14.7 Å². The largest absolute Gasteiger partial charge is 0.363 e. The fraction of sp³-hybridized carbons (Fsp3) is 0.571. The highest BCUT2D eigenvalue weighted by Crippen LogP contribution is 2.40. The first kappa shape index (κ1) is 16.5. The number of benzene rings is 1. The second kappa shape index (κ2) is 7.96. The van der Waals surface area contributed by atoms with Crippen molar-refractivity contribution < 1.29 is 4.74 Å². The molecule has 2 rings (SSSR count). The SMILES string of the molecule is CC1[C@H](C)C(CN=[N+]=[N-])O[C@@H](Sc2ccccc2)[C@H]1N=[N+]=[N-]. The zero-order valence-corrected chi connectivity index (χ0v) is 13.3. The Labute approximate surface area is 133 Å². The van der Waals surface area contributed by atoms with E-state index >= 15 is 0 Å². The second-order valence-electron chi connectivity index (χ2n) is 5.30. The Morgan fingerprint density at radius 2 is 1.86 bits per heavy atom. The first-order valence-electron chi connectivity index (χ1n) is 7.09. The van der Waals surface area contributed by atoms with Crippen molar-refractivity contribution in [3.63, 3.8) is 0 Å². The van der Waals surface area contributed by atoms with E-state index in [4.69, 9.17) is 15.8 Å². The summed E-state index contributed by atoms with van der Waals surface area (Å²) in [6.07, 6.45) is -0.169. The van der Waals surface area contributed by atoms with E-state index in [-0.39, 0.29) is 36.0 Å². The third-order valence-corrected chi connectivity index (χ3v) is 5.21. The molecule has 5 atom stereocenters. The van der Waals surface area contributed by atoms with Gasteiger partial charge in [0.1, 0.15) is 5.44 Å². The molecule has 2 unspecified atom stereocenters. The third kappa shape index (κ3) is 3.87. The number of azide groups is 2. The van der Waals surface area contributed by atoms with Crippen LogP contribution in [0.4, 0.5) is 0 Å². The molecule has 7 nitrogen and oxygen atoms in total. The van der Waals surface area contributed by atoms with E-state index < -0.39 is 0 Å². The number of nitrogens with zero attached hydrogens (tertiary/aromatic N) is 6. The van der Waals surface area contributed by atoms with Crippen molar-refractivity contribution in [3.05, 3.63) is 51.2 Å². The van der Waals surface area contributed by atoms with Gasteiger partial charge in [0.05, 0.1) is 18.7 Å². The predicted octanol–water partition coefficient (Wildman–Crippen LogP) is 4.77. The summed E-state index contributed by atoms with van der Waals surface area (Å²) >= 11 is 1.53. The molecule has 0 spiro atoms. The summed E-state index contributed by atoms with van der Waals surface area (Å²) in [5.74, 6) is 0.290. The molecule has 0 saturated carbocycles. The molecule has 1 aliphatic heterocycles. The van der Waals surface area contributed by atoms with Gasteiger partial charge >= 0.3 is 0 Å². The van der Waals surface area contributed by atoms with Gasteiger partial charge in [0.15, 0.2) is 0 Å². The minimum atomic E-state index is -0.289. The highest BCUT2D eigenvalue weighted by Gasteiger charge is 2.41. The maximum atomic E-state index is 8.84. The topological polar surface area (TPSA) is 107 Å². The third-order valence-electron chi connectivity index (χ3n) is 4.05. The number of hydrogen-bond donors (Lipinski definition) is 0. The average molecular weight is 318 g/mol.